The SMILES string of the molecule is COc1ccccc1-c1nnc(C(=O)Nc2ccc(NC(C)=O)cc2)o1. The number of carbonyl (C=O) groups excluding carboxylic acids is 2. The molecule has 8 nitrogen and oxygen atoms in total. The number of amides is 2. The van der Waals surface area contributed by atoms with Gasteiger partial charge in [-0.05, 0) is 36.4 Å². The van der Waals surface area contributed by atoms with E-state index in [2.05, 4.69) is 20.8 Å². The van der Waals surface area contributed by atoms with Gasteiger partial charge in [0.25, 0.3) is 5.89 Å². The van der Waals surface area contributed by atoms with Gasteiger partial charge < -0.3 is 19.8 Å². The lowest BCUT2D eigenvalue weighted by Crippen LogP contribution is -2.12. The summed E-state index contributed by atoms with van der Waals surface area (Å²) in [5, 5.41) is 13.0. The normalized spacial score (nSPS) is 10.2. The summed E-state index contributed by atoms with van der Waals surface area (Å²) < 4.78 is 10.7. The van der Waals surface area contributed by atoms with Crippen molar-refractivity contribution >= 4 is 23.2 Å². The van der Waals surface area contributed by atoms with Crippen molar-refractivity contribution < 1.29 is 18.7 Å². The molecule has 0 unspecified atom stereocenters. The van der Waals surface area contributed by atoms with E-state index in [1.165, 1.54) is 14.0 Å². The maximum absolute atomic E-state index is 12.3. The van der Waals surface area contributed by atoms with Crippen LogP contribution in [0, 0.1) is 0 Å². The highest BCUT2D eigenvalue weighted by Gasteiger charge is 2.18. The minimum absolute atomic E-state index is 0.170. The summed E-state index contributed by atoms with van der Waals surface area (Å²) in [5.41, 5.74) is 1.76. The van der Waals surface area contributed by atoms with Crippen molar-refractivity contribution in [1.29, 1.82) is 0 Å². The maximum atomic E-state index is 12.3. The number of hydrogen-bond acceptors (Lipinski definition) is 6. The second-order valence-electron chi connectivity index (χ2n) is 5.33. The Bertz CT molecular complexity index is 934. The van der Waals surface area contributed by atoms with Crippen molar-refractivity contribution in [2.75, 3.05) is 17.7 Å². The Morgan fingerprint density at radius 1 is 0.962 bits per heavy atom. The molecule has 0 saturated heterocycles. The zero-order valence-corrected chi connectivity index (χ0v) is 14.1. The fourth-order valence-corrected chi connectivity index (χ4v) is 2.27. The van der Waals surface area contributed by atoms with Gasteiger partial charge in [-0.2, -0.15) is 0 Å². The van der Waals surface area contributed by atoms with E-state index in [9.17, 15) is 9.59 Å². The summed E-state index contributed by atoms with van der Waals surface area (Å²) in [7, 11) is 1.54. The number of ether oxygens (including phenoxy) is 1. The van der Waals surface area contributed by atoms with Crippen LogP contribution >= 0.6 is 0 Å². The summed E-state index contributed by atoms with van der Waals surface area (Å²) in [6.45, 7) is 1.42. The summed E-state index contributed by atoms with van der Waals surface area (Å²) in [5.74, 6) is -0.121. The van der Waals surface area contributed by atoms with Gasteiger partial charge in [0.05, 0.1) is 12.7 Å². The number of anilines is 2. The highest BCUT2D eigenvalue weighted by atomic mass is 16.5. The van der Waals surface area contributed by atoms with Gasteiger partial charge in [0.15, 0.2) is 0 Å². The summed E-state index contributed by atoms with van der Waals surface area (Å²) >= 11 is 0. The lowest BCUT2D eigenvalue weighted by Gasteiger charge is -2.05. The monoisotopic (exact) mass is 352 g/mol. The van der Waals surface area contributed by atoms with Crippen LogP contribution in [0.5, 0.6) is 5.75 Å². The topological polar surface area (TPSA) is 106 Å². The molecule has 132 valence electrons. The summed E-state index contributed by atoms with van der Waals surface area (Å²) in [6, 6.07) is 13.8. The molecule has 0 fully saturated rings. The molecule has 2 amide bonds. The Hall–Kier alpha value is -3.68. The van der Waals surface area contributed by atoms with Crippen molar-refractivity contribution in [2.45, 2.75) is 6.92 Å². The van der Waals surface area contributed by atoms with Gasteiger partial charge in [0.1, 0.15) is 5.75 Å². The van der Waals surface area contributed by atoms with Crippen LogP contribution in [0.4, 0.5) is 11.4 Å². The molecule has 0 atom stereocenters. The number of para-hydroxylation sites is 1. The minimum Gasteiger partial charge on any atom is -0.496 e. The van der Waals surface area contributed by atoms with Crippen molar-refractivity contribution in [3.63, 3.8) is 0 Å². The first-order chi connectivity index (χ1) is 12.6. The van der Waals surface area contributed by atoms with Crippen LogP contribution in [0.2, 0.25) is 0 Å². The van der Waals surface area contributed by atoms with Gasteiger partial charge in [0.2, 0.25) is 5.91 Å². The average Bonchev–Trinajstić information content (AvgIpc) is 3.13. The lowest BCUT2D eigenvalue weighted by molar-refractivity contribution is -0.114. The molecular formula is C18H16N4O4. The molecule has 0 radical (unpaired) electrons. The highest BCUT2D eigenvalue weighted by Crippen LogP contribution is 2.28. The Morgan fingerprint density at radius 3 is 2.27 bits per heavy atom. The summed E-state index contributed by atoms with van der Waals surface area (Å²) in [6.07, 6.45) is 0. The van der Waals surface area contributed by atoms with E-state index in [4.69, 9.17) is 9.15 Å². The third-order valence-electron chi connectivity index (χ3n) is 3.42. The third-order valence-corrected chi connectivity index (χ3v) is 3.42. The Labute approximate surface area is 149 Å². The molecule has 2 aromatic carbocycles. The van der Waals surface area contributed by atoms with Gasteiger partial charge >= 0.3 is 11.8 Å². The predicted molar refractivity (Wildman–Crippen MR) is 95.0 cm³/mol. The molecule has 0 bridgehead atoms. The van der Waals surface area contributed by atoms with Gasteiger partial charge in [-0.15, -0.1) is 10.2 Å². The fraction of sp³-hybridized carbons (Fsp3) is 0.111. The number of carbonyl (C=O) groups is 2. The van der Waals surface area contributed by atoms with Crippen LogP contribution in [0.15, 0.2) is 52.9 Å². The van der Waals surface area contributed by atoms with Crippen molar-refractivity contribution in [1.82, 2.24) is 10.2 Å². The second-order valence-corrected chi connectivity index (χ2v) is 5.33. The lowest BCUT2D eigenvalue weighted by atomic mass is 10.2. The van der Waals surface area contributed by atoms with Gasteiger partial charge in [0, 0.05) is 18.3 Å². The summed E-state index contributed by atoms with van der Waals surface area (Å²) in [4.78, 5) is 23.3. The molecule has 3 aromatic rings. The molecule has 0 saturated carbocycles. The number of benzene rings is 2. The first-order valence-corrected chi connectivity index (χ1v) is 7.72. The van der Waals surface area contributed by atoms with E-state index in [-0.39, 0.29) is 17.7 Å². The van der Waals surface area contributed by atoms with Crippen LogP contribution < -0.4 is 15.4 Å². The van der Waals surface area contributed by atoms with Crippen molar-refractivity contribution in [2.24, 2.45) is 0 Å². The fourth-order valence-electron chi connectivity index (χ4n) is 2.27. The smallest absolute Gasteiger partial charge is 0.313 e. The molecule has 0 aliphatic heterocycles. The molecular weight excluding hydrogens is 336 g/mol. The van der Waals surface area contributed by atoms with Crippen LogP contribution in [0.3, 0.4) is 0 Å². The van der Waals surface area contributed by atoms with E-state index >= 15 is 0 Å². The van der Waals surface area contributed by atoms with E-state index in [1.54, 1.807) is 42.5 Å². The van der Waals surface area contributed by atoms with Crippen LogP contribution in [0.1, 0.15) is 17.6 Å². The number of rotatable bonds is 5. The largest absolute Gasteiger partial charge is 0.496 e. The quantitative estimate of drug-likeness (QED) is 0.731. The number of hydrogen-bond donors (Lipinski definition) is 2. The number of methoxy groups -OCH3 is 1. The van der Waals surface area contributed by atoms with Gasteiger partial charge in [-0.3, -0.25) is 9.59 Å². The predicted octanol–water partition coefficient (Wildman–Crippen LogP) is 2.96. The molecule has 0 aliphatic carbocycles. The first kappa shape index (κ1) is 17.2. The molecule has 1 heterocycles. The maximum Gasteiger partial charge on any atom is 0.313 e. The zero-order chi connectivity index (χ0) is 18.5. The van der Waals surface area contributed by atoms with Crippen LogP contribution in [0.25, 0.3) is 11.5 Å². The third kappa shape index (κ3) is 3.86. The number of nitrogens with zero attached hydrogens (tertiary/aromatic N) is 2. The molecule has 2 N–H and O–H groups in total. The molecule has 8 heteroatoms. The molecule has 0 aliphatic rings. The Balaban J connectivity index is 1.73. The Kier molecular flexibility index (Phi) is 4.93. The van der Waals surface area contributed by atoms with Crippen molar-refractivity contribution in [3.05, 3.63) is 54.4 Å². The molecule has 26 heavy (non-hydrogen) atoms. The van der Waals surface area contributed by atoms with E-state index in [0.29, 0.717) is 22.7 Å². The minimum atomic E-state index is -0.536. The Morgan fingerprint density at radius 2 is 1.62 bits per heavy atom. The highest BCUT2D eigenvalue weighted by molar-refractivity contribution is 6.01. The molecule has 0 spiro atoms. The average molecular weight is 352 g/mol. The molecule has 3 rings (SSSR count). The van der Waals surface area contributed by atoms with E-state index < -0.39 is 5.91 Å². The van der Waals surface area contributed by atoms with Crippen LogP contribution in [-0.4, -0.2) is 29.1 Å². The second kappa shape index (κ2) is 7.47. The molecule has 1 aromatic heterocycles. The van der Waals surface area contributed by atoms with Crippen molar-refractivity contribution in [3.8, 4) is 17.2 Å². The van der Waals surface area contributed by atoms with E-state index in [1.807, 2.05) is 6.07 Å². The number of aromatic nitrogens is 2. The standard InChI is InChI=1S/C18H16N4O4/c1-11(23)19-12-7-9-13(10-8-12)20-16(24)18-22-21-17(26-18)14-5-3-4-6-15(14)25-2/h3-10H,1-2H3,(H,19,23)(H,20,24). The first-order valence-electron chi connectivity index (χ1n) is 7.72. The van der Waals surface area contributed by atoms with E-state index in [0.717, 1.165) is 0 Å². The zero-order valence-electron chi connectivity index (χ0n) is 14.1. The van der Waals surface area contributed by atoms with Gasteiger partial charge in [-0.25, -0.2) is 0 Å². The van der Waals surface area contributed by atoms with Gasteiger partial charge in [-0.1, -0.05) is 12.1 Å². The number of nitrogens with one attached hydrogen (secondary N) is 2. The van der Waals surface area contributed by atoms with Crippen LogP contribution in [-0.2, 0) is 4.79 Å².